The molecular weight excluding hydrogens is 352 g/mol. The van der Waals surface area contributed by atoms with Crippen molar-refractivity contribution in [2.75, 3.05) is 13.3 Å². The fourth-order valence-electron chi connectivity index (χ4n) is 3.35. The standard InChI is InChI=1S/C23H22N2O3/c26-23(25-13-10-17-6-7-21-22(15-17)28-16-27-21)20(19-4-2-1-3-5-19)14-18-8-11-24-12-9-18/h1-9,11-12,15,20H,10,13-14,16H2,(H,25,26). The Morgan fingerprint density at radius 2 is 1.75 bits per heavy atom. The molecule has 0 radical (unpaired) electrons. The second-order valence-electron chi connectivity index (χ2n) is 6.75. The largest absolute Gasteiger partial charge is 0.454 e. The minimum Gasteiger partial charge on any atom is -0.454 e. The van der Waals surface area contributed by atoms with Crippen LogP contribution in [0.3, 0.4) is 0 Å². The Bertz CT molecular complexity index is 929. The SMILES string of the molecule is O=C(NCCc1ccc2c(c1)OCO2)C(Cc1ccncc1)c1ccccc1. The van der Waals surface area contributed by atoms with E-state index in [1.54, 1.807) is 12.4 Å². The Morgan fingerprint density at radius 3 is 2.57 bits per heavy atom. The van der Waals surface area contributed by atoms with Crippen LogP contribution in [0.1, 0.15) is 22.6 Å². The number of nitrogens with zero attached hydrogens (tertiary/aromatic N) is 1. The molecule has 0 fully saturated rings. The topological polar surface area (TPSA) is 60.5 Å². The summed E-state index contributed by atoms with van der Waals surface area (Å²) in [5, 5.41) is 3.09. The molecular formula is C23H22N2O3. The van der Waals surface area contributed by atoms with Crippen LogP contribution in [0.5, 0.6) is 11.5 Å². The van der Waals surface area contributed by atoms with Crippen molar-refractivity contribution < 1.29 is 14.3 Å². The van der Waals surface area contributed by atoms with Gasteiger partial charge in [0.2, 0.25) is 12.7 Å². The summed E-state index contributed by atoms with van der Waals surface area (Å²) in [6.45, 7) is 0.835. The predicted octanol–water partition coefficient (Wildman–Crippen LogP) is 3.50. The van der Waals surface area contributed by atoms with Gasteiger partial charge in [-0.15, -0.1) is 0 Å². The molecule has 142 valence electrons. The lowest BCUT2D eigenvalue weighted by Crippen LogP contribution is -2.32. The maximum Gasteiger partial charge on any atom is 0.231 e. The third-order valence-electron chi connectivity index (χ3n) is 4.86. The zero-order valence-corrected chi connectivity index (χ0v) is 15.5. The fraction of sp³-hybridized carbons (Fsp3) is 0.217. The summed E-state index contributed by atoms with van der Waals surface area (Å²) in [5.74, 6) is 1.34. The number of fused-ring (bicyclic) bond motifs is 1. The van der Waals surface area contributed by atoms with Gasteiger partial charge in [-0.2, -0.15) is 0 Å². The van der Waals surface area contributed by atoms with E-state index in [2.05, 4.69) is 10.3 Å². The van der Waals surface area contributed by atoms with Crippen LogP contribution in [0.25, 0.3) is 0 Å². The van der Waals surface area contributed by atoms with Gasteiger partial charge in [0.25, 0.3) is 0 Å². The number of hydrogen-bond donors (Lipinski definition) is 1. The van der Waals surface area contributed by atoms with E-state index in [4.69, 9.17) is 9.47 Å². The maximum absolute atomic E-state index is 13.0. The van der Waals surface area contributed by atoms with Gasteiger partial charge in [0.05, 0.1) is 5.92 Å². The van der Waals surface area contributed by atoms with Crippen LogP contribution in [0.2, 0.25) is 0 Å². The quantitative estimate of drug-likeness (QED) is 0.688. The van der Waals surface area contributed by atoms with E-state index >= 15 is 0 Å². The van der Waals surface area contributed by atoms with Crippen molar-refractivity contribution in [3.05, 3.63) is 89.7 Å². The highest BCUT2D eigenvalue weighted by atomic mass is 16.7. The monoisotopic (exact) mass is 374 g/mol. The zero-order chi connectivity index (χ0) is 19.2. The molecule has 5 heteroatoms. The smallest absolute Gasteiger partial charge is 0.231 e. The number of ether oxygens (including phenoxy) is 2. The van der Waals surface area contributed by atoms with E-state index in [9.17, 15) is 4.79 Å². The van der Waals surface area contributed by atoms with Gasteiger partial charge in [0, 0.05) is 18.9 Å². The van der Waals surface area contributed by atoms with Crippen LogP contribution in [0.4, 0.5) is 0 Å². The van der Waals surface area contributed by atoms with Crippen molar-refractivity contribution >= 4 is 5.91 Å². The van der Waals surface area contributed by atoms with E-state index in [1.807, 2.05) is 60.7 Å². The summed E-state index contributed by atoms with van der Waals surface area (Å²) in [4.78, 5) is 17.0. The third kappa shape index (κ3) is 4.31. The second-order valence-corrected chi connectivity index (χ2v) is 6.75. The Balaban J connectivity index is 1.40. The molecule has 1 aliphatic rings. The van der Waals surface area contributed by atoms with Gasteiger partial charge in [0.1, 0.15) is 0 Å². The molecule has 0 saturated heterocycles. The van der Waals surface area contributed by atoms with E-state index in [-0.39, 0.29) is 18.6 Å². The lowest BCUT2D eigenvalue weighted by molar-refractivity contribution is -0.122. The number of rotatable bonds is 7. The van der Waals surface area contributed by atoms with Gasteiger partial charge in [-0.05, 0) is 53.8 Å². The van der Waals surface area contributed by atoms with Crippen molar-refractivity contribution in [1.29, 1.82) is 0 Å². The summed E-state index contributed by atoms with van der Waals surface area (Å²) in [7, 11) is 0. The number of benzene rings is 2. The van der Waals surface area contributed by atoms with Crippen molar-refractivity contribution in [3.8, 4) is 11.5 Å². The molecule has 5 nitrogen and oxygen atoms in total. The van der Waals surface area contributed by atoms with E-state index in [0.717, 1.165) is 34.6 Å². The predicted molar refractivity (Wildman–Crippen MR) is 106 cm³/mol. The minimum absolute atomic E-state index is 0.0313. The van der Waals surface area contributed by atoms with Gasteiger partial charge >= 0.3 is 0 Å². The number of carbonyl (C=O) groups excluding carboxylic acids is 1. The molecule has 0 saturated carbocycles. The number of pyridine rings is 1. The van der Waals surface area contributed by atoms with Crippen LogP contribution in [-0.4, -0.2) is 24.2 Å². The van der Waals surface area contributed by atoms with Crippen molar-refractivity contribution in [3.63, 3.8) is 0 Å². The van der Waals surface area contributed by atoms with Gasteiger partial charge in [-0.1, -0.05) is 36.4 Å². The summed E-state index contributed by atoms with van der Waals surface area (Å²) < 4.78 is 10.8. The van der Waals surface area contributed by atoms with Crippen LogP contribution in [0, 0.1) is 0 Å². The highest BCUT2D eigenvalue weighted by molar-refractivity contribution is 5.84. The Hall–Kier alpha value is -3.34. The number of aromatic nitrogens is 1. The van der Waals surface area contributed by atoms with Crippen molar-refractivity contribution in [2.45, 2.75) is 18.8 Å². The first kappa shape index (κ1) is 18.0. The highest BCUT2D eigenvalue weighted by Gasteiger charge is 2.21. The Labute approximate surface area is 164 Å². The summed E-state index contributed by atoms with van der Waals surface area (Å²) in [6.07, 6.45) is 4.89. The zero-order valence-electron chi connectivity index (χ0n) is 15.5. The van der Waals surface area contributed by atoms with Crippen molar-refractivity contribution in [2.24, 2.45) is 0 Å². The number of carbonyl (C=O) groups is 1. The summed E-state index contributed by atoms with van der Waals surface area (Å²) >= 11 is 0. The normalized spacial score (nSPS) is 13.1. The molecule has 1 amide bonds. The van der Waals surface area contributed by atoms with E-state index in [1.165, 1.54) is 0 Å². The average molecular weight is 374 g/mol. The first-order valence-electron chi connectivity index (χ1n) is 9.40. The lowest BCUT2D eigenvalue weighted by Gasteiger charge is -2.17. The van der Waals surface area contributed by atoms with Crippen molar-refractivity contribution in [1.82, 2.24) is 10.3 Å². The van der Waals surface area contributed by atoms with Crippen LogP contribution in [-0.2, 0) is 17.6 Å². The van der Waals surface area contributed by atoms with Gasteiger partial charge < -0.3 is 14.8 Å². The average Bonchev–Trinajstić information content (AvgIpc) is 3.21. The van der Waals surface area contributed by atoms with Crippen LogP contribution in [0.15, 0.2) is 73.1 Å². The number of hydrogen-bond acceptors (Lipinski definition) is 4. The van der Waals surface area contributed by atoms with Crippen LogP contribution < -0.4 is 14.8 Å². The second kappa shape index (κ2) is 8.57. The lowest BCUT2D eigenvalue weighted by atomic mass is 9.91. The molecule has 1 aliphatic heterocycles. The molecule has 0 bridgehead atoms. The molecule has 4 rings (SSSR count). The third-order valence-corrected chi connectivity index (χ3v) is 4.86. The molecule has 1 N–H and O–H groups in total. The van der Waals surface area contributed by atoms with Gasteiger partial charge in [-0.25, -0.2) is 0 Å². The Morgan fingerprint density at radius 1 is 0.964 bits per heavy atom. The fourth-order valence-corrected chi connectivity index (χ4v) is 3.35. The molecule has 2 aromatic carbocycles. The molecule has 1 unspecified atom stereocenters. The number of amides is 1. The molecule has 28 heavy (non-hydrogen) atoms. The molecule has 2 heterocycles. The van der Waals surface area contributed by atoms with E-state index in [0.29, 0.717) is 13.0 Å². The maximum atomic E-state index is 13.0. The number of nitrogens with one attached hydrogen (secondary N) is 1. The molecule has 0 spiro atoms. The minimum atomic E-state index is -0.236. The first-order chi connectivity index (χ1) is 13.8. The summed E-state index contributed by atoms with van der Waals surface area (Å²) in [5.41, 5.74) is 3.21. The van der Waals surface area contributed by atoms with Gasteiger partial charge in [-0.3, -0.25) is 9.78 Å². The molecule has 1 atom stereocenters. The van der Waals surface area contributed by atoms with Gasteiger partial charge in [0.15, 0.2) is 11.5 Å². The first-order valence-corrected chi connectivity index (χ1v) is 9.40. The Kier molecular flexibility index (Phi) is 5.52. The molecule has 3 aromatic rings. The highest BCUT2D eigenvalue weighted by Crippen LogP contribution is 2.32. The summed E-state index contributed by atoms with van der Waals surface area (Å²) in [6, 6.07) is 19.7. The molecule has 0 aliphatic carbocycles. The molecule has 1 aromatic heterocycles. The van der Waals surface area contributed by atoms with E-state index < -0.39 is 0 Å². The van der Waals surface area contributed by atoms with Crippen LogP contribution >= 0.6 is 0 Å².